The zero-order chi connectivity index (χ0) is 10.8. The molecule has 1 saturated heterocycles. The molecule has 1 amide bonds. The van der Waals surface area contributed by atoms with Gasteiger partial charge in [0.25, 0.3) is 0 Å². The van der Waals surface area contributed by atoms with Crippen molar-refractivity contribution in [2.45, 2.75) is 33.1 Å². The molecule has 0 saturated carbocycles. The van der Waals surface area contributed by atoms with Crippen LogP contribution < -0.4 is 0 Å². The first-order valence-corrected chi connectivity index (χ1v) is 5.09. The lowest BCUT2D eigenvalue weighted by Gasteiger charge is -2.26. The predicted molar refractivity (Wildman–Crippen MR) is 56.0 cm³/mol. The lowest BCUT2D eigenvalue weighted by molar-refractivity contribution is -0.128. The average molecular weight is 197 g/mol. The second-order valence-electron chi connectivity index (χ2n) is 4.37. The van der Waals surface area contributed by atoms with Gasteiger partial charge in [0.1, 0.15) is 0 Å². The van der Waals surface area contributed by atoms with Crippen molar-refractivity contribution in [2.75, 3.05) is 13.1 Å². The summed E-state index contributed by atoms with van der Waals surface area (Å²) in [5.74, 6) is 0.376. The van der Waals surface area contributed by atoms with Crippen molar-refractivity contribution in [1.29, 1.82) is 0 Å². The van der Waals surface area contributed by atoms with Crippen LogP contribution in [0.15, 0.2) is 12.3 Å². The number of rotatable bonds is 1. The molecule has 1 unspecified atom stereocenters. The van der Waals surface area contributed by atoms with Gasteiger partial charge < -0.3 is 10.0 Å². The summed E-state index contributed by atoms with van der Waals surface area (Å²) in [6, 6.07) is 0. The Bertz CT molecular complexity index is 250. The van der Waals surface area contributed by atoms with Crippen molar-refractivity contribution >= 4 is 5.91 Å². The third kappa shape index (κ3) is 2.28. The molecule has 80 valence electrons. The highest BCUT2D eigenvalue weighted by Gasteiger charge is 2.31. The maximum absolute atomic E-state index is 11.2. The highest BCUT2D eigenvalue weighted by Crippen LogP contribution is 2.35. The van der Waals surface area contributed by atoms with Crippen LogP contribution in [0.1, 0.15) is 33.1 Å². The van der Waals surface area contributed by atoms with Crippen molar-refractivity contribution in [2.24, 2.45) is 5.41 Å². The van der Waals surface area contributed by atoms with Gasteiger partial charge in [-0.15, -0.1) is 0 Å². The van der Waals surface area contributed by atoms with E-state index >= 15 is 0 Å². The van der Waals surface area contributed by atoms with Gasteiger partial charge in [0.15, 0.2) is 0 Å². The molecule has 0 aromatic heterocycles. The van der Waals surface area contributed by atoms with E-state index in [-0.39, 0.29) is 17.1 Å². The molecule has 0 spiro atoms. The molecule has 1 atom stereocenters. The summed E-state index contributed by atoms with van der Waals surface area (Å²) in [7, 11) is 0. The van der Waals surface area contributed by atoms with Gasteiger partial charge in [-0.25, -0.2) is 0 Å². The van der Waals surface area contributed by atoms with Crippen molar-refractivity contribution in [3.63, 3.8) is 0 Å². The Morgan fingerprint density at radius 1 is 1.43 bits per heavy atom. The van der Waals surface area contributed by atoms with Crippen molar-refractivity contribution in [3.05, 3.63) is 12.3 Å². The third-order valence-corrected chi connectivity index (χ3v) is 3.23. The molecule has 1 N–H and O–H groups in total. The van der Waals surface area contributed by atoms with Gasteiger partial charge in [0.05, 0.1) is 5.76 Å². The van der Waals surface area contributed by atoms with Crippen LogP contribution in [0.2, 0.25) is 0 Å². The fourth-order valence-electron chi connectivity index (χ4n) is 1.88. The molecule has 3 nitrogen and oxygen atoms in total. The minimum atomic E-state index is -0.204. The molecule has 0 bridgehead atoms. The molecular weight excluding hydrogens is 178 g/mol. The fourth-order valence-corrected chi connectivity index (χ4v) is 1.88. The molecule has 0 aromatic rings. The summed E-state index contributed by atoms with van der Waals surface area (Å²) in [4.78, 5) is 13.0. The van der Waals surface area contributed by atoms with Crippen LogP contribution >= 0.6 is 0 Å². The molecule has 1 aliphatic rings. The van der Waals surface area contributed by atoms with E-state index < -0.39 is 0 Å². The first-order chi connectivity index (χ1) is 6.46. The SMILES string of the molecule is C=C(O)C1(C)CCCN(C(C)=O)CC1. The number of likely N-dealkylation sites (tertiary alicyclic amines) is 1. The minimum absolute atomic E-state index is 0.123. The van der Waals surface area contributed by atoms with Gasteiger partial charge in [-0.3, -0.25) is 4.79 Å². The average Bonchev–Trinajstić information content (AvgIpc) is 2.28. The number of amides is 1. The molecule has 0 aliphatic carbocycles. The predicted octanol–water partition coefficient (Wildman–Crippen LogP) is 2.10. The first-order valence-electron chi connectivity index (χ1n) is 5.09. The Kier molecular flexibility index (Phi) is 3.19. The maximum Gasteiger partial charge on any atom is 0.219 e. The molecule has 1 aliphatic heterocycles. The van der Waals surface area contributed by atoms with Gasteiger partial charge >= 0.3 is 0 Å². The Morgan fingerprint density at radius 2 is 2.07 bits per heavy atom. The topological polar surface area (TPSA) is 40.5 Å². The molecule has 1 heterocycles. The van der Waals surface area contributed by atoms with E-state index in [0.29, 0.717) is 0 Å². The molecule has 0 aromatic carbocycles. The molecule has 3 heteroatoms. The highest BCUT2D eigenvalue weighted by molar-refractivity contribution is 5.73. The van der Waals surface area contributed by atoms with E-state index in [0.717, 1.165) is 32.4 Å². The quantitative estimate of drug-likeness (QED) is 0.654. The number of carbonyl (C=O) groups excluding carboxylic acids is 1. The Labute approximate surface area is 85.4 Å². The highest BCUT2D eigenvalue weighted by atomic mass is 16.3. The molecule has 1 rings (SSSR count). The largest absolute Gasteiger partial charge is 0.512 e. The van der Waals surface area contributed by atoms with Gasteiger partial charge in [-0.1, -0.05) is 13.5 Å². The van der Waals surface area contributed by atoms with E-state index in [2.05, 4.69) is 6.58 Å². The lowest BCUT2D eigenvalue weighted by atomic mass is 9.81. The van der Waals surface area contributed by atoms with Crippen LogP contribution in [-0.2, 0) is 4.79 Å². The lowest BCUT2D eigenvalue weighted by Crippen LogP contribution is -2.30. The number of nitrogens with zero attached hydrogens (tertiary/aromatic N) is 1. The number of hydrogen-bond donors (Lipinski definition) is 1. The summed E-state index contributed by atoms with van der Waals surface area (Å²) in [6.07, 6.45) is 2.66. The monoisotopic (exact) mass is 197 g/mol. The maximum atomic E-state index is 11.2. The van der Waals surface area contributed by atoms with E-state index in [1.165, 1.54) is 0 Å². The van der Waals surface area contributed by atoms with Crippen LogP contribution in [0.25, 0.3) is 0 Å². The zero-order valence-corrected chi connectivity index (χ0v) is 9.05. The number of aliphatic hydroxyl groups is 1. The van der Waals surface area contributed by atoms with E-state index in [1.807, 2.05) is 11.8 Å². The third-order valence-electron chi connectivity index (χ3n) is 3.23. The second-order valence-corrected chi connectivity index (χ2v) is 4.37. The summed E-state index contributed by atoms with van der Waals surface area (Å²) >= 11 is 0. The number of allylic oxidation sites excluding steroid dienone is 1. The van der Waals surface area contributed by atoms with E-state index in [4.69, 9.17) is 0 Å². The van der Waals surface area contributed by atoms with Crippen LogP contribution in [0.3, 0.4) is 0 Å². The van der Waals surface area contributed by atoms with Crippen molar-refractivity contribution < 1.29 is 9.90 Å². The van der Waals surface area contributed by atoms with Crippen LogP contribution in [-0.4, -0.2) is 29.0 Å². The summed E-state index contributed by atoms with van der Waals surface area (Å²) in [5, 5.41) is 9.49. The smallest absolute Gasteiger partial charge is 0.219 e. The zero-order valence-electron chi connectivity index (χ0n) is 9.05. The fraction of sp³-hybridized carbons (Fsp3) is 0.727. The van der Waals surface area contributed by atoms with Crippen molar-refractivity contribution in [1.82, 2.24) is 4.90 Å². The van der Waals surface area contributed by atoms with E-state index in [9.17, 15) is 9.90 Å². The van der Waals surface area contributed by atoms with Gasteiger partial charge in [-0.05, 0) is 19.3 Å². The molecular formula is C11H19NO2. The van der Waals surface area contributed by atoms with Gasteiger partial charge in [0, 0.05) is 25.4 Å². The Morgan fingerprint density at radius 3 is 2.57 bits per heavy atom. The van der Waals surface area contributed by atoms with Crippen LogP contribution in [0.4, 0.5) is 0 Å². The standard InChI is InChI=1S/C11H19NO2/c1-9(13)11(3)5-4-7-12(8-6-11)10(2)14/h13H,1,4-8H2,2-3H3. The van der Waals surface area contributed by atoms with Crippen LogP contribution in [0.5, 0.6) is 0 Å². The number of aliphatic hydroxyl groups excluding tert-OH is 1. The second kappa shape index (κ2) is 4.03. The summed E-state index contributed by atoms with van der Waals surface area (Å²) in [6.45, 7) is 8.75. The van der Waals surface area contributed by atoms with Gasteiger partial charge in [0.2, 0.25) is 5.91 Å². The molecule has 1 fully saturated rings. The Balaban J connectivity index is 2.65. The molecule has 14 heavy (non-hydrogen) atoms. The Hall–Kier alpha value is -0.990. The first kappa shape index (κ1) is 11.1. The molecule has 0 radical (unpaired) electrons. The van der Waals surface area contributed by atoms with Gasteiger partial charge in [-0.2, -0.15) is 0 Å². The normalized spacial score (nSPS) is 28.3. The van der Waals surface area contributed by atoms with Crippen molar-refractivity contribution in [3.8, 4) is 0 Å². The summed E-state index contributed by atoms with van der Waals surface area (Å²) < 4.78 is 0. The number of carbonyl (C=O) groups is 1. The van der Waals surface area contributed by atoms with E-state index in [1.54, 1.807) is 6.92 Å². The minimum Gasteiger partial charge on any atom is -0.512 e. The van der Waals surface area contributed by atoms with Crippen LogP contribution in [0, 0.1) is 5.41 Å². The number of hydrogen-bond acceptors (Lipinski definition) is 2. The summed E-state index contributed by atoms with van der Waals surface area (Å²) in [5.41, 5.74) is -0.204.